The maximum absolute atomic E-state index is 6.02. The van der Waals surface area contributed by atoms with Gasteiger partial charge in [-0.25, -0.2) is 9.97 Å². The van der Waals surface area contributed by atoms with Crippen LogP contribution >= 0.6 is 27.5 Å². The fourth-order valence-corrected chi connectivity index (χ4v) is 2.43. The minimum absolute atomic E-state index is 0.479. The van der Waals surface area contributed by atoms with E-state index in [-0.39, 0.29) is 0 Å². The number of nitrogens with two attached hydrogens (primary N) is 1. The predicted octanol–water partition coefficient (Wildman–Crippen LogP) is 4.34. The summed E-state index contributed by atoms with van der Waals surface area (Å²) in [7, 11) is 0. The van der Waals surface area contributed by atoms with E-state index in [0.29, 0.717) is 22.6 Å². The predicted molar refractivity (Wildman–Crippen MR) is 83.1 cm³/mol. The number of hydrogen-bond donors (Lipinski definition) is 1. The fraction of sp³-hybridized carbons (Fsp3) is 0.286. The van der Waals surface area contributed by atoms with Gasteiger partial charge in [0.25, 0.3) is 0 Å². The molecule has 0 spiro atoms. The summed E-state index contributed by atoms with van der Waals surface area (Å²) < 4.78 is 0.901. The van der Waals surface area contributed by atoms with Crippen LogP contribution in [0.4, 0.5) is 5.82 Å². The molecule has 2 aromatic rings. The first kappa shape index (κ1) is 14.3. The molecule has 0 fully saturated rings. The molecule has 5 heteroatoms. The second-order valence-corrected chi connectivity index (χ2v) is 6.12. The summed E-state index contributed by atoms with van der Waals surface area (Å²) in [6, 6.07) is 7.35. The molecule has 0 saturated carbocycles. The molecule has 0 saturated heterocycles. The normalized spacial score (nSPS) is 11.0. The van der Waals surface area contributed by atoms with Gasteiger partial charge in [0.1, 0.15) is 5.82 Å². The second-order valence-electron chi connectivity index (χ2n) is 4.83. The Hall–Kier alpha value is -1.13. The molecule has 1 aromatic heterocycles. The lowest BCUT2D eigenvalue weighted by Gasteiger charge is -2.09. The summed E-state index contributed by atoms with van der Waals surface area (Å²) in [5.41, 5.74) is 7.66. The summed E-state index contributed by atoms with van der Waals surface area (Å²) in [6.45, 7) is 4.29. The van der Waals surface area contributed by atoms with E-state index in [0.717, 1.165) is 22.2 Å². The van der Waals surface area contributed by atoms with Gasteiger partial charge in [-0.1, -0.05) is 41.4 Å². The highest BCUT2D eigenvalue weighted by molar-refractivity contribution is 9.10. The molecule has 0 atom stereocenters. The van der Waals surface area contributed by atoms with Gasteiger partial charge in [0.15, 0.2) is 5.82 Å². The van der Waals surface area contributed by atoms with E-state index in [1.165, 1.54) is 0 Å². The summed E-state index contributed by atoms with van der Waals surface area (Å²) in [6.07, 6.45) is 0.873. The van der Waals surface area contributed by atoms with Crippen LogP contribution in [-0.2, 0) is 6.42 Å². The highest BCUT2D eigenvalue weighted by Crippen LogP contribution is 2.29. The van der Waals surface area contributed by atoms with Crippen molar-refractivity contribution in [3.8, 4) is 11.4 Å². The third kappa shape index (κ3) is 3.67. The van der Waals surface area contributed by atoms with Crippen molar-refractivity contribution in [1.29, 1.82) is 0 Å². The van der Waals surface area contributed by atoms with Crippen LogP contribution in [0.5, 0.6) is 0 Å². The smallest absolute Gasteiger partial charge is 0.162 e. The third-order valence-corrected chi connectivity index (χ3v) is 3.51. The zero-order valence-corrected chi connectivity index (χ0v) is 13.2. The van der Waals surface area contributed by atoms with Gasteiger partial charge in [-0.2, -0.15) is 0 Å². The van der Waals surface area contributed by atoms with Crippen LogP contribution in [0.2, 0.25) is 5.02 Å². The van der Waals surface area contributed by atoms with Crippen LogP contribution in [0.15, 0.2) is 28.7 Å². The van der Waals surface area contributed by atoms with E-state index in [4.69, 9.17) is 17.3 Å². The maximum Gasteiger partial charge on any atom is 0.162 e. The number of benzene rings is 1. The molecular weight excluding hydrogens is 326 g/mol. The topological polar surface area (TPSA) is 51.8 Å². The molecule has 1 heterocycles. The quantitative estimate of drug-likeness (QED) is 0.904. The Labute approximate surface area is 126 Å². The number of anilines is 1. The monoisotopic (exact) mass is 339 g/mol. The van der Waals surface area contributed by atoms with E-state index in [2.05, 4.69) is 39.7 Å². The largest absolute Gasteiger partial charge is 0.384 e. The first-order valence-electron chi connectivity index (χ1n) is 6.04. The first-order valence-corrected chi connectivity index (χ1v) is 7.21. The molecule has 0 aliphatic carbocycles. The number of hydrogen-bond acceptors (Lipinski definition) is 3. The molecule has 0 radical (unpaired) electrons. The molecule has 19 heavy (non-hydrogen) atoms. The van der Waals surface area contributed by atoms with Crippen molar-refractivity contribution < 1.29 is 0 Å². The Balaban J connectivity index is 2.49. The molecule has 0 unspecified atom stereocenters. The molecule has 100 valence electrons. The van der Waals surface area contributed by atoms with Crippen molar-refractivity contribution in [3.05, 3.63) is 39.5 Å². The molecular formula is C14H15BrClN3. The first-order chi connectivity index (χ1) is 8.95. The molecule has 1 aromatic carbocycles. The zero-order valence-electron chi connectivity index (χ0n) is 10.8. The Morgan fingerprint density at radius 3 is 2.68 bits per heavy atom. The Kier molecular flexibility index (Phi) is 4.42. The number of aromatic nitrogens is 2. The van der Waals surface area contributed by atoms with Crippen molar-refractivity contribution in [2.45, 2.75) is 20.3 Å². The Bertz CT molecular complexity index is 599. The second kappa shape index (κ2) is 5.88. The van der Waals surface area contributed by atoms with Gasteiger partial charge in [-0.15, -0.1) is 0 Å². The van der Waals surface area contributed by atoms with Gasteiger partial charge in [0, 0.05) is 26.8 Å². The standard InChI is InChI=1S/C14H15BrClN3/c1-8(2)5-10-7-13(17)19-14(18-10)11-6-9(16)3-4-12(11)15/h3-4,6-8H,5H2,1-2H3,(H2,17,18,19). The van der Waals surface area contributed by atoms with E-state index in [9.17, 15) is 0 Å². The van der Waals surface area contributed by atoms with E-state index in [1.54, 1.807) is 0 Å². The Morgan fingerprint density at radius 1 is 1.26 bits per heavy atom. The molecule has 3 nitrogen and oxygen atoms in total. The lowest BCUT2D eigenvalue weighted by atomic mass is 10.1. The third-order valence-electron chi connectivity index (χ3n) is 2.59. The van der Waals surface area contributed by atoms with Crippen molar-refractivity contribution in [2.24, 2.45) is 5.92 Å². The minimum Gasteiger partial charge on any atom is -0.384 e. The summed E-state index contributed by atoms with van der Waals surface area (Å²) >= 11 is 9.51. The van der Waals surface area contributed by atoms with Gasteiger partial charge >= 0.3 is 0 Å². The van der Waals surface area contributed by atoms with Crippen molar-refractivity contribution in [1.82, 2.24) is 9.97 Å². The van der Waals surface area contributed by atoms with E-state index >= 15 is 0 Å². The van der Waals surface area contributed by atoms with Crippen LogP contribution in [0.1, 0.15) is 19.5 Å². The van der Waals surface area contributed by atoms with Gasteiger partial charge in [-0.05, 0) is 30.5 Å². The average molecular weight is 341 g/mol. The Morgan fingerprint density at radius 2 is 2.00 bits per heavy atom. The van der Waals surface area contributed by atoms with Crippen LogP contribution < -0.4 is 5.73 Å². The highest BCUT2D eigenvalue weighted by atomic mass is 79.9. The highest BCUT2D eigenvalue weighted by Gasteiger charge is 2.10. The van der Waals surface area contributed by atoms with Crippen LogP contribution in [0.25, 0.3) is 11.4 Å². The molecule has 0 aliphatic rings. The molecule has 0 aliphatic heterocycles. The number of halogens is 2. The fourth-order valence-electron chi connectivity index (χ4n) is 1.83. The number of nitrogens with zero attached hydrogens (tertiary/aromatic N) is 2. The maximum atomic E-state index is 6.02. The van der Waals surface area contributed by atoms with Gasteiger partial charge in [0.2, 0.25) is 0 Å². The van der Waals surface area contributed by atoms with Crippen molar-refractivity contribution in [3.63, 3.8) is 0 Å². The minimum atomic E-state index is 0.479. The lowest BCUT2D eigenvalue weighted by Crippen LogP contribution is -2.03. The summed E-state index contributed by atoms with van der Waals surface area (Å²) in [4.78, 5) is 8.86. The molecule has 2 N–H and O–H groups in total. The number of rotatable bonds is 3. The van der Waals surface area contributed by atoms with Gasteiger partial charge in [-0.3, -0.25) is 0 Å². The van der Waals surface area contributed by atoms with Crippen molar-refractivity contribution in [2.75, 3.05) is 5.73 Å². The average Bonchev–Trinajstić information content (AvgIpc) is 2.30. The number of nitrogen functional groups attached to an aromatic ring is 1. The summed E-state index contributed by atoms with van der Waals surface area (Å²) in [5.74, 6) is 1.60. The van der Waals surface area contributed by atoms with E-state index in [1.807, 2.05) is 24.3 Å². The van der Waals surface area contributed by atoms with Crippen LogP contribution in [0.3, 0.4) is 0 Å². The molecule has 0 bridgehead atoms. The van der Waals surface area contributed by atoms with Crippen molar-refractivity contribution >= 4 is 33.3 Å². The van der Waals surface area contributed by atoms with Gasteiger partial charge < -0.3 is 5.73 Å². The van der Waals surface area contributed by atoms with Gasteiger partial charge in [0.05, 0.1) is 0 Å². The zero-order chi connectivity index (χ0) is 14.0. The van der Waals surface area contributed by atoms with Crippen LogP contribution in [0, 0.1) is 5.92 Å². The molecule has 2 rings (SSSR count). The molecule has 0 amide bonds. The van der Waals surface area contributed by atoms with E-state index < -0.39 is 0 Å². The summed E-state index contributed by atoms with van der Waals surface area (Å²) in [5, 5.41) is 0.648. The van der Waals surface area contributed by atoms with Crippen LogP contribution in [-0.4, -0.2) is 9.97 Å². The SMILES string of the molecule is CC(C)Cc1cc(N)nc(-c2cc(Cl)ccc2Br)n1. The lowest BCUT2D eigenvalue weighted by molar-refractivity contribution is 0.635.